The molecule has 0 unspecified atom stereocenters. The fraction of sp³-hybridized carbons (Fsp3) is 0.310. The molecule has 3 rings (SSSR count). The Bertz CT molecular complexity index is 1390. The maximum absolute atomic E-state index is 14.0. The highest BCUT2D eigenvalue weighted by Gasteiger charge is 2.34. The summed E-state index contributed by atoms with van der Waals surface area (Å²) < 4.78 is 42.0. The van der Waals surface area contributed by atoms with Gasteiger partial charge in [-0.1, -0.05) is 67.7 Å². The van der Waals surface area contributed by atoms with Crippen molar-refractivity contribution >= 4 is 50.7 Å². The monoisotopic (exact) mass is 607 g/mol. The Morgan fingerprint density at radius 2 is 1.55 bits per heavy atom. The number of rotatable bonds is 13. The lowest BCUT2D eigenvalue weighted by Crippen LogP contribution is -2.52. The highest BCUT2D eigenvalue weighted by Crippen LogP contribution is 2.28. The lowest BCUT2D eigenvalue weighted by atomic mass is 10.1. The third kappa shape index (κ3) is 7.74. The van der Waals surface area contributed by atoms with Crippen molar-refractivity contribution in [1.82, 2.24) is 10.2 Å². The van der Waals surface area contributed by atoms with E-state index in [2.05, 4.69) is 5.32 Å². The van der Waals surface area contributed by atoms with Gasteiger partial charge < -0.3 is 10.2 Å². The SMILES string of the molecule is CCCCNC(=O)[C@@H](CC)N(Cc1c(Cl)cccc1Cl)C(=O)CN(c1ccccc1)S(=O)(=O)c1ccc(F)cc1. The number of carbonyl (C=O) groups is 2. The van der Waals surface area contributed by atoms with Crippen LogP contribution in [0.1, 0.15) is 38.7 Å². The number of nitrogens with one attached hydrogen (secondary N) is 1. The summed E-state index contributed by atoms with van der Waals surface area (Å²) >= 11 is 12.8. The zero-order valence-electron chi connectivity index (χ0n) is 22.3. The molecule has 0 saturated carbocycles. The van der Waals surface area contributed by atoms with Gasteiger partial charge in [0.2, 0.25) is 11.8 Å². The number of para-hydroxylation sites is 1. The van der Waals surface area contributed by atoms with Crippen molar-refractivity contribution in [2.75, 3.05) is 17.4 Å². The maximum Gasteiger partial charge on any atom is 0.264 e. The van der Waals surface area contributed by atoms with Gasteiger partial charge in [-0.3, -0.25) is 13.9 Å². The van der Waals surface area contributed by atoms with Gasteiger partial charge in [-0.05, 0) is 61.4 Å². The van der Waals surface area contributed by atoms with E-state index in [1.54, 1.807) is 55.5 Å². The number of anilines is 1. The van der Waals surface area contributed by atoms with E-state index in [-0.39, 0.29) is 29.5 Å². The van der Waals surface area contributed by atoms with Crippen LogP contribution in [0, 0.1) is 5.82 Å². The topological polar surface area (TPSA) is 86.8 Å². The third-order valence-corrected chi connectivity index (χ3v) is 8.83. The number of carbonyl (C=O) groups excluding carboxylic acids is 2. The molecule has 0 saturated heterocycles. The largest absolute Gasteiger partial charge is 0.354 e. The predicted molar refractivity (Wildman–Crippen MR) is 156 cm³/mol. The average molecular weight is 609 g/mol. The Morgan fingerprint density at radius 3 is 2.12 bits per heavy atom. The van der Waals surface area contributed by atoms with Crippen LogP contribution in [0.25, 0.3) is 0 Å². The summed E-state index contributed by atoms with van der Waals surface area (Å²) in [6.07, 6.45) is 1.91. The molecule has 2 amide bonds. The van der Waals surface area contributed by atoms with Crippen molar-refractivity contribution in [3.05, 3.63) is 94.2 Å². The van der Waals surface area contributed by atoms with Gasteiger partial charge in [0, 0.05) is 28.7 Å². The molecule has 1 atom stereocenters. The second-order valence-corrected chi connectivity index (χ2v) is 11.8. The molecular formula is C29H32Cl2FN3O4S. The van der Waals surface area contributed by atoms with Crippen LogP contribution in [-0.4, -0.2) is 44.3 Å². The molecule has 0 fully saturated rings. The highest BCUT2D eigenvalue weighted by molar-refractivity contribution is 7.92. The first kappa shape index (κ1) is 31.4. The lowest BCUT2D eigenvalue weighted by Gasteiger charge is -2.33. The van der Waals surface area contributed by atoms with Crippen molar-refractivity contribution in [2.24, 2.45) is 0 Å². The Balaban J connectivity index is 2.05. The van der Waals surface area contributed by atoms with Crippen molar-refractivity contribution in [3.63, 3.8) is 0 Å². The molecule has 11 heteroatoms. The standard InChI is InChI=1S/C29H32Cl2FN3O4S/c1-3-5-18-33-29(37)27(4-2)34(19-24-25(30)12-9-13-26(24)31)28(36)20-35(22-10-7-6-8-11-22)40(38,39)23-16-14-21(32)15-17-23/h6-17,27H,3-5,18-20H2,1-2H3,(H,33,37)/t27-/m1/s1. The molecule has 0 spiro atoms. The van der Waals surface area contributed by atoms with Gasteiger partial charge in [-0.15, -0.1) is 0 Å². The lowest BCUT2D eigenvalue weighted by molar-refractivity contribution is -0.140. The smallest absolute Gasteiger partial charge is 0.264 e. The fourth-order valence-corrected chi connectivity index (χ4v) is 6.07. The zero-order chi connectivity index (χ0) is 29.3. The fourth-order valence-electron chi connectivity index (χ4n) is 4.14. The van der Waals surface area contributed by atoms with E-state index in [9.17, 15) is 22.4 Å². The summed E-state index contributed by atoms with van der Waals surface area (Å²) in [5.74, 6) is -1.59. The molecule has 214 valence electrons. The van der Waals surface area contributed by atoms with Crippen molar-refractivity contribution in [3.8, 4) is 0 Å². The van der Waals surface area contributed by atoms with E-state index in [4.69, 9.17) is 23.2 Å². The minimum Gasteiger partial charge on any atom is -0.354 e. The quantitative estimate of drug-likeness (QED) is 0.240. The number of hydrogen-bond donors (Lipinski definition) is 1. The van der Waals surface area contributed by atoms with Crippen LogP contribution in [0.2, 0.25) is 10.0 Å². The summed E-state index contributed by atoms with van der Waals surface area (Å²) in [5, 5.41) is 3.49. The molecule has 3 aromatic rings. The molecule has 40 heavy (non-hydrogen) atoms. The van der Waals surface area contributed by atoms with Crippen LogP contribution >= 0.6 is 23.2 Å². The van der Waals surface area contributed by atoms with E-state index >= 15 is 0 Å². The Labute approximate surface area is 244 Å². The Morgan fingerprint density at radius 1 is 0.925 bits per heavy atom. The molecule has 0 radical (unpaired) electrons. The molecular weight excluding hydrogens is 576 g/mol. The maximum atomic E-state index is 14.0. The van der Waals surface area contributed by atoms with Crippen molar-refractivity contribution in [2.45, 2.75) is 50.6 Å². The van der Waals surface area contributed by atoms with Gasteiger partial charge in [-0.25, -0.2) is 12.8 Å². The molecule has 0 heterocycles. The van der Waals surface area contributed by atoms with Crippen LogP contribution < -0.4 is 9.62 Å². The van der Waals surface area contributed by atoms with Crippen molar-refractivity contribution < 1.29 is 22.4 Å². The summed E-state index contributed by atoms with van der Waals surface area (Å²) in [6, 6.07) is 16.5. The average Bonchev–Trinajstić information content (AvgIpc) is 2.93. The minimum atomic E-state index is -4.29. The highest BCUT2D eigenvalue weighted by atomic mass is 35.5. The van der Waals surface area contributed by atoms with Gasteiger partial charge in [0.1, 0.15) is 18.4 Å². The molecule has 0 bridgehead atoms. The van der Waals surface area contributed by atoms with Crippen molar-refractivity contribution in [1.29, 1.82) is 0 Å². The number of halogens is 3. The first-order valence-electron chi connectivity index (χ1n) is 12.9. The Hall–Kier alpha value is -3.14. The second-order valence-electron chi connectivity index (χ2n) is 9.09. The van der Waals surface area contributed by atoms with Crippen LogP contribution in [0.15, 0.2) is 77.7 Å². The van der Waals surface area contributed by atoms with E-state index in [1.165, 1.54) is 4.90 Å². The zero-order valence-corrected chi connectivity index (χ0v) is 24.6. The molecule has 0 aliphatic heterocycles. The number of unbranched alkanes of at least 4 members (excludes halogenated alkanes) is 1. The summed E-state index contributed by atoms with van der Waals surface area (Å²) in [4.78, 5) is 28.4. The number of hydrogen-bond acceptors (Lipinski definition) is 4. The third-order valence-electron chi connectivity index (χ3n) is 6.33. The van der Waals surface area contributed by atoms with Crippen LogP contribution in [-0.2, 0) is 26.2 Å². The Kier molecular flexibility index (Phi) is 11.4. The number of benzene rings is 3. The summed E-state index contributed by atoms with van der Waals surface area (Å²) in [6.45, 7) is 3.47. The molecule has 0 aliphatic rings. The van der Waals surface area contributed by atoms with E-state index in [0.29, 0.717) is 22.2 Å². The molecule has 7 nitrogen and oxygen atoms in total. The number of nitrogens with zero attached hydrogens (tertiary/aromatic N) is 2. The van der Waals surface area contributed by atoms with E-state index in [0.717, 1.165) is 41.4 Å². The second kappa shape index (κ2) is 14.5. The normalized spacial score (nSPS) is 12.0. The molecule has 3 aromatic carbocycles. The first-order valence-corrected chi connectivity index (χ1v) is 15.1. The number of sulfonamides is 1. The molecule has 1 N–H and O–H groups in total. The van der Waals surface area contributed by atoms with E-state index in [1.807, 2.05) is 6.92 Å². The first-order chi connectivity index (χ1) is 19.1. The molecule has 0 aromatic heterocycles. The van der Waals surface area contributed by atoms with Gasteiger partial charge >= 0.3 is 0 Å². The minimum absolute atomic E-state index is 0.115. The summed E-state index contributed by atoms with van der Waals surface area (Å²) in [5.41, 5.74) is 0.669. The van der Waals surface area contributed by atoms with E-state index < -0.39 is 34.3 Å². The number of amides is 2. The van der Waals surface area contributed by atoms with Gasteiger partial charge in [0.05, 0.1) is 10.6 Å². The molecule has 0 aliphatic carbocycles. The van der Waals surface area contributed by atoms with Gasteiger partial charge in [-0.2, -0.15) is 0 Å². The van der Waals surface area contributed by atoms with Crippen LogP contribution in [0.3, 0.4) is 0 Å². The van der Waals surface area contributed by atoms with Gasteiger partial charge in [0.25, 0.3) is 10.0 Å². The summed E-state index contributed by atoms with van der Waals surface area (Å²) in [7, 11) is -4.29. The predicted octanol–water partition coefficient (Wildman–Crippen LogP) is 6.05. The van der Waals surface area contributed by atoms with Crippen LogP contribution in [0.5, 0.6) is 0 Å². The van der Waals surface area contributed by atoms with Crippen LogP contribution in [0.4, 0.5) is 10.1 Å². The van der Waals surface area contributed by atoms with Gasteiger partial charge in [0.15, 0.2) is 0 Å².